The van der Waals surface area contributed by atoms with Crippen molar-refractivity contribution in [3.05, 3.63) is 71.8 Å². The van der Waals surface area contributed by atoms with Gasteiger partial charge in [0.25, 0.3) is 0 Å². The third kappa shape index (κ3) is 4.39. The van der Waals surface area contributed by atoms with Gasteiger partial charge in [-0.3, -0.25) is 4.68 Å². The van der Waals surface area contributed by atoms with Crippen molar-refractivity contribution in [1.82, 2.24) is 24.3 Å². The van der Waals surface area contributed by atoms with Crippen LogP contribution in [-0.4, -0.2) is 56.4 Å². The number of fused-ring (bicyclic) bond motifs is 1. The summed E-state index contributed by atoms with van der Waals surface area (Å²) in [5, 5.41) is 8.76. The first-order valence-electron chi connectivity index (χ1n) is 14.0. The molecule has 0 saturated carbocycles. The van der Waals surface area contributed by atoms with Gasteiger partial charge in [0.15, 0.2) is 0 Å². The first-order valence-corrected chi connectivity index (χ1v) is 10.4. The Morgan fingerprint density at radius 3 is 2.48 bits per heavy atom. The largest absolute Gasteiger partial charge is 0.442 e. The lowest BCUT2D eigenvalue weighted by molar-refractivity contribution is 0.0681. The van der Waals surface area contributed by atoms with E-state index in [-0.39, 0.29) is 16.1 Å². The number of hydrogen-bond acceptors (Lipinski definition) is 5. The van der Waals surface area contributed by atoms with Crippen LogP contribution in [-0.2, 0) is 11.8 Å². The summed E-state index contributed by atoms with van der Waals surface area (Å²) in [7, 11) is 1.76. The highest BCUT2D eigenvalue weighted by Crippen LogP contribution is 2.27. The van der Waals surface area contributed by atoms with Crippen molar-refractivity contribution in [3.63, 3.8) is 0 Å². The average Bonchev–Trinajstić information content (AvgIpc) is 3.49. The van der Waals surface area contributed by atoms with E-state index in [1.54, 1.807) is 60.7 Å². The highest BCUT2D eigenvalue weighted by atomic mass is 35.5. The van der Waals surface area contributed by atoms with Gasteiger partial charge < -0.3 is 14.5 Å². The summed E-state index contributed by atoms with van der Waals surface area (Å²) in [5.74, 6) is 0. The molecular formula is C24H25ClN6O2. The first kappa shape index (κ1) is 13.9. The minimum Gasteiger partial charge on any atom is -0.442 e. The second-order valence-corrected chi connectivity index (χ2v) is 7.81. The van der Waals surface area contributed by atoms with Gasteiger partial charge in [-0.1, -0.05) is 29.8 Å². The van der Waals surface area contributed by atoms with Crippen LogP contribution >= 0.6 is 11.6 Å². The van der Waals surface area contributed by atoms with Crippen LogP contribution < -0.4 is 4.90 Å². The molecule has 0 aliphatic carbocycles. The van der Waals surface area contributed by atoms with Crippen LogP contribution in [0.4, 0.5) is 10.5 Å². The van der Waals surface area contributed by atoms with Gasteiger partial charge in [0.2, 0.25) is 0 Å². The lowest BCUT2D eigenvalue weighted by Gasteiger charge is -2.35. The lowest BCUT2D eigenvalue weighted by atomic mass is 10.1. The van der Waals surface area contributed by atoms with Crippen molar-refractivity contribution in [2.45, 2.75) is 13.0 Å². The van der Waals surface area contributed by atoms with Crippen molar-refractivity contribution in [1.29, 1.82) is 0 Å². The van der Waals surface area contributed by atoms with Crippen LogP contribution in [0.5, 0.6) is 0 Å². The van der Waals surface area contributed by atoms with Crippen LogP contribution in [0.2, 0.25) is 5.02 Å². The molecule has 9 heteroatoms. The fraction of sp³-hybridized carbons (Fsp3) is 0.292. The molecule has 8 nitrogen and oxygen atoms in total. The molecule has 1 amide bonds. The monoisotopic (exact) mass is 472 g/mol. The van der Waals surface area contributed by atoms with Crippen LogP contribution in [0.25, 0.3) is 16.6 Å². The molecule has 1 saturated heterocycles. The van der Waals surface area contributed by atoms with Gasteiger partial charge in [-0.25, -0.2) is 9.31 Å². The van der Waals surface area contributed by atoms with E-state index in [1.807, 2.05) is 0 Å². The summed E-state index contributed by atoms with van der Waals surface area (Å²) in [5.41, 5.74) is 1.91. The Kier molecular flexibility index (Phi) is 3.70. The van der Waals surface area contributed by atoms with Crippen molar-refractivity contribution in [2.75, 3.05) is 30.9 Å². The molecule has 1 fully saturated rings. The normalized spacial score (nSPS) is 24.8. The quantitative estimate of drug-likeness (QED) is 0.440. The number of halogens is 1. The molecule has 1 aliphatic rings. The van der Waals surface area contributed by atoms with Crippen LogP contribution in [0.1, 0.15) is 29.6 Å². The zero-order chi connectivity index (χ0) is 30.1. The van der Waals surface area contributed by atoms with Gasteiger partial charge >= 0.3 is 6.09 Å². The molecule has 0 spiro atoms. The van der Waals surface area contributed by atoms with Crippen LogP contribution in [0.15, 0.2) is 61.2 Å². The molecule has 0 radical (unpaired) electrons. The SMILES string of the molecule is [2H]C1([2H])N(C(=O)O[C@H](C)c2ccc(Cl)cc2)C([2H])([2H])C([2H])([2H])N(c2cnn3cc(-c4cnn(C)c4)ccc23)C1([2H])[2H]. The van der Waals surface area contributed by atoms with Gasteiger partial charge in [-0.05, 0) is 30.7 Å². The standard InChI is InChI=1S/C24H25ClN6O2/c1-17(18-3-6-21(25)7-4-18)33-24(32)30-11-9-29(10-12-30)23-14-27-31-16-19(5-8-22(23)31)20-13-26-28(2)15-20/h3-8,13-17H,9-12H2,1-2H3/t17-/m1/s1/i9D2,10D2,11D2,12D2. The molecule has 1 atom stereocenters. The van der Waals surface area contributed by atoms with E-state index in [9.17, 15) is 4.79 Å². The molecule has 1 aromatic carbocycles. The average molecular weight is 473 g/mol. The fourth-order valence-corrected chi connectivity index (χ4v) is 3.48. The van der Waals surface area contributed by atoms with E-state index < -0.39 is 38.2 Å². The Bertz CT molecular complexity index is 1600. The van der Waals surface area contributed by atoms with E-state index in [1.165, 1.54) is 17.5 Å². The Morgan fingerprint density at radius 2 is 1.79 bits per heavy atom. The number of piperazine rings is 1. The zero-order valence-electron chi connectivity index (χ0n) is 25.7. The molecular weight excluding hydrogens is 440 g/mol. The van der Waals surface area contributed by atoms with E-state index in [4.69, 9.17) is 27.3 Å². The molecule has 3 aromatic heterocycles. The van der Waals surface area contributed by atoms with Gasteiger partial charge in [-0.15, -0.1) is 0 Å². The Morgan fingerprint density at radius 1 is 1.03 bits per heavy atom. The summed E-state index contributed by atoms with van der Waals surface area (Å²) in [6.07, 6.45) is 3.57. The second kappa shape index (κ2) is 8.78. The lowest BCUT2D eigenvalue weighted by Crippen LogP contribution is -2.49. The molecule has 4 heterocycles. The predicted molar refractivity (Wildman–Crippen MR) is 128 cm³/mol. The van der Waals surface area contributed by atoms with Gasteiger partial charge in [-0.2, -0.15) is 10.2 Å². The highest BCUT2D eigenvalue weighted by molar-refractivity contribution is 6.30. The topological polar surface area (TPSA) is 67.9 Å². The third-order valence-electron chi connectivity index (χ3n) is 5.12. The number of carbonyl (C=O) groups is 1. The first-order chi connectivity index (χ1) is 19.0. The Labute approximate surface area is 208 Å². The molecule has 170 valence electrons. The molecule has 33 heavy (non-hydrogen) atoms. The fourth-order valence-electron chi connectivity index (χ4n) is 3.36. The third-order valence-corrected chi connectivity index (χ3v) is 5.37. The Balaban J connectivity index is 1.54. The second-order valence-electron chi connectivity index (χ2n) is 7.38. The number of aromatic nitrogens is 4. The number of nitrogens with zero attached hydrogens (tertiary/aromatic N) is 6. The van der Waals surface area contributed by atoms with Crippen molar-refractivity contribution in [2.24, 2.45) is 7.05 Å². The predicted octanol–water partition coefficient (Wildman–Crippen LogP) is 4.41. The number of anilines is 1. The van der Waals surface area contributed by atoms with Gasteiger partial charge in [0.05, 0.1) is 34.6 Å². The molecule has 1 aliphatic heterocycles. The number of carbonyl (C=O) groups excluding carboxylic acids is 1. The molecule has 5 rings (SSSR count). The van der Waals surface area contributed by atoms with Gasteiger partial charge in [0.1, 0.15) is 6.10 Å². The number of pyridine rings is 1. The summed E-state index contributed by atoms with van der Waals surface area (Å²) >= 11 is 5.90. The highest BCUT2D eigenvalue weighted by Gasteiger charge is 2.25. The molecule has 0 unspecified atom stereocenters. The minimum atomic E-state index is -3.41. The van der Waals surface area contributed by atoms with Crippen molar-refractivity contribution >= 4 is 28.9 Å². The number of ether oxygens (including phenoxy) is 1. The molecule has 0 N–H and O–H groups in total. The number of amides is 1. The number of hydrogen-bond donors (Lipinski definition) is 0. The Hall–Kier alpha value is -3.52. The maximum atomic E-state index is 13.3. The summed E-state index contributed by atoms with van der Waals surface area (Å²) < 4.78 is 77.8. The number of aryl methyl sites for hydroxylation is 1. The van der Waals surface area contributed by atoms with Crippen LogP contribution in [0, 0.1) is 0 Å². The molecule has 4 aromatic rings. The van der Waals surface area contributed by atoms with E-state index >= 15 is 0 Å². The van der Waals surface area contributed by atoms with E-state index in [0.29, 0.717) is 21.0 Å². The minimum absolute atomic E-state index is 0.144. The maximum Gasteiger partial charge on any atom is 0.410 e. The summed E-state index contributed by atoms with van der Waals surface area (Å²) in [6.45, 7) is -12.0. The van der Waals surface area contributed by atoms with Gasteiger partial charge in [0, 0.05) is 61.6 Å². The summed E-state index contributed by atoms with van der Waals surface area (Å²) in [6, 6.07) is 9.43. The maximum absolute atomic E-state index is 13.3. The smallest absolute Gasteiger partial charge is 0.410 e. The van der Waals surface area contributed by atoms with Crippen molar-refractivity contribution < 1.29 is 20.5 Å². The number of benzene rings is 1. The van der Waals surface area contributed by atoms with Crippen LogP contribution in [0.3, 0.4) is 0 Å². The molecule has 0 bridgehead atoms. The number of rotatable bonds is 4. The van der Waals surface area contributed by atoms with Crippen molar-refractivity contribution in [3.8, 4) is 11.1 Å². The zero-order valence-corrected chi connectivity index (χ0v) is 18.5. The summed E-state index contributed by atoms with van der Waals surface area (Å²) in [4.78, 5) is 13.5. The van der Waals surface area contributed by atoms with E-state index in [0.717, 1.165) is 11.8 Å². The van der Waals surface area contributed by atoms with E-state index in [2.05, 4.69) is 10.2 Å².